The van der Waals surface area contributed by atoms with Gasteiger partial charge in [0.25, 0.3) is 0 Å². The number of carbonyl (C=O) groups excluding carboxylic acids is 2. The molecule has 0 fully saturated rings. The molecule has 0 aromatic heterocycles. The van der Waals surface area contributed by atoms with Gasteiger partial charge in [-0.2, -0.15) is 0 Å². The quantitative estimate of drug-likeness (QED) is 0.666. The summed E-state index contributed by atoms with van der Waals surface area (Å²) in [5.74, 6) is -1.37. The first-order valence-corrected chi connectivity index (χ1v) is 5.89. The summed E-state index contributed by atoms with van der Waals surface area (Å²) < 4.78 is 17.8. The lowest BCUT2D eigenvalue weighted by molar-refractivity contribution is -0.140. The zero-order valence-corrected chi connectivity index (χ0v) is 11.0. The van der Waals surface area contributed by atoms with E-state index in [-0.39, 0.29) is 23.6 Å². The Morgan fingerprint density at radius 3 is 2.84 bits per heavy atom. The molecular weight excluding hydrogens is 273 g/mol. The molecule has 0 radical (unpaired) electrons. The second-order valence-electron chi connectivity index (χ2n) is 3.59. The number of hydrogen-bond acceptors (Lipinski definition) is 3. The number of nitrogens with one attached hydrogen (secondary N) is 1. The van der Waals surface area contributed by atoms with Crippen LogP contribution in [0.2, 0.25) is 5.02 Å². The Labute approximate surface area is 115 Å². The van der Waals surface area contributed by atoms with Gasteiger partial charge in [-0.3, -0.25) is 9.59 Å². The van der Waals surface area contributed by atoms with Gasteiger partial charge in [-0.25, -0.2) is 4.39 Å². The zero-order chi connectivity index (χ0) is 14.3. The van der Waals surface area contributed by atoms with Crippen molar-refractivity contribution in [2.45, 2.75) is 6.42 Å². The second-order valence-corrected chi connectivity index (χ2v) is 3.99. The molecule has 1 aromatic carbocycles. The summed E-state index contributed by atoms with van der Waals surface area (Å²) in [5, 5.41) is 2.69. The number of ether oxygens (including phenoxy) is 1. The van der Waals surface area contributed by atoms with Gasteiger partial charge in [-0.15, -0.1) is 0 Å². The Morgan fingerprint density at radius 1 is 1.47 bits per heavy atom. The van der Waals surface area contributed by atoms with Crippen molar-refractivity contribution in [3.05, 3.63) is 40.7 Å². The van der Waals surface area contributed by atoms with Crippen LogP contribution in [-0.4, -0.2) is 25.5 Å². The van der Waals surface area contributed by atoms with E-state index in [9.17, 15) is 14.0 Å². The molecule has 0 aliphatic rings. The lowest BCUT2D eigenvalue weighted by Gasteiger charge is -2.02. The Morgan fingerprint density at radius 2 is 2.21 bits per heavy atom. The van der Waals surface area contributed by atoms with E-state index in [1.165, 1.54) is 31.4 Å². The fourth-order valence-corrected chi connectivity index (χ4v) is 1.50. The molecule has 0 saturated heterocycles. The van der Waals surface area contributed by atoms with Gasteiger partial charge in [-0.1, -0.05) is 17.7 Å². The zero-order valence-electron chi connectivity index (χ0n) is 10.3. The standard InChI is InChI=1S/C13H13ClFNO3/c1-19-13(18)7-8-16-12(17)6-5-9-10(14)3-2-4-11(9)15/h2-6H,7-8H2,1H3,(H,16,17)/b6-5-. The highest BCUT2D eigenvalue weighted by Gasteiger charge is 2.04. The predicted octanol–water partition coefficient (Wildman–Crippen LogP) is 2.17. The summed E-state index contributed by atoms with van der Waals surface area (Å²) in [6.45, 7) is 0.154. The van der Waals surface area contributed by atoms with Crippen LogP contribution in [0.4, 0.5) is 4.39 Å². The molecular formula is C13H13ClFNO3. The van der Waals surface area contributed by atoms with Crippen LogP contribution < -0.4 is 5.32 Å². The highest BCUT2D eigenvalue weighted by Crippen LogP contribution is 2.20. The molecule has 0 bridgehead atoms. The van der Waals surface area contributed by atoms with Crippen molar-refractivity contribution in [3.63, 3.8) is 0 Å². The summed E-state index contributed by atoms with van der Waals surface area (Å²) in [5.41, 5.74) is 0.146. The molecule has 1 amide bonds. The highest BCUT2D eigenvalue weighted by atomic mass is 35.5. The molecule has 0 aliphatic heterocycles. The number of carbonyl (C=O) groups is 2. The van der Waals surface area contributed by atoms with Crippen LogP contribution in [0.25, 0.3) is 6.08 Å². The van der Waals surface area contributed by atoms with Crippen molar-refractivity contribution in [2.24, 2.45) is 0 Å². The first kappa shape index (κ1) is 15.2. The van der Waals surface area contributed by atoms with Gasteiger partial charge < -0.3 is 10.1 Å². The third kappa shape index (κ3) is 5.09. The van der Waals surface area contributed by atoms with Crippen LogP contribution >= 0.6 is 11.6 Å². The number of benzene rings is 1. The van der Waals surface area contributed by atoms with E-state index in [0.29, 0.717) is 0 Å². The summed E-state index contributed by atoms with van der Waals surface area (Å²) >= 11 is 5.79. The number of hydrogen-bond donors (Lipinski definition) is 1. The van der Waals surface area contributed by atoms with Crippen molar-refractivity contribution in [3.8, 4) is 0 Å². The minimum atomic E-state index is -0.508. The first-order chi connectivity index (χ1) is 9.04. The van der Waals surface area contributed by atoms with E-state index >= 15 is 0 Å². The van der Waals surface area contributed by atoms with Gasteiger partial charge in [0.2, 0.25) is 5.91 Å². The Bertz CT molecular complexity index is 482. The number of rotatable bonds is 5. The van der Waals surface area contributed by atoms with Gasteiger partial charge in [0.05, 0.1) is 18.6 Å². The minimum absolute atomic E-state index is 0.0799. The van der Waals surface area contributed by atoms with Crippen molar-refractivity contribution < 1.29 is 18.7 Å². The van der Waals surface area contributed by atoms with Gasteiger partial charge in [0.1, 0.15) is 5.82 Å². The van der Waals surface area contributed by atoms with Crippen LogP contribution in [0.15, 0.2) is 24.3 Å². The monoisotopic (exact) mass is 285 g/mol. The number of esters is 1. The van der Waals surface area contributed by atoms with E-state index in [1.54, 1.807) is 0 Å². The first-order valence-electron chi connectivity index (χ1n) is 5.51. The van der Waals surface area contributed by atoms with Crippen molar-refractivity contribution in [1.29, 1.82) is 0 Å². The smallest absolute Gasteiger partial charge is 0.307 e. The lowest BCUT2D eigenvalue weighted by atomic mass is 10.2. The maximum absolute atomic E-state index is 13.4. The molecule has 4 nitrogen and oxygen atoms in total. The summed E-state index contributed by atoms with van der Waals surface area (Å²) in [4.78, 5) is 22.2. The van der Waals surface area contributed by atoms with Crippen LogP contribution in [-0.2, 0) is 14.3 Å². The van der Waals surface area contributed by atoms with Gasteiger partial charge >= 0.3 is 5.97 Å². The predicted molar refractivity (Wildman–Crippen MR) is 70.1 cm³/mol. The van der Waals surface area contributed by atoms with Crippen molar-refractivity contribution in [1.82, 2.24) is 5.32 Å². The van der Waals surface area contributed by atoms with Gasteiger partial charge in [0, 0.05) is 18.2 Å². The highest BCUT2D eigenvalue weighted by molar-refractivity contribution is 6.32. The number of halogens is 2. The van der Waals surface area contributed by atoms with E-state index in [1.807, 2.05) is 0 Å². The van der Waals surface area contributed by atoms with Crippen molar-refractivity contribution in [2.75, 3.05) is 13.7 Å². The average Bonchev–Trinajstić information content (AvgIpc) is 2.38. The van der Waals surface area contributed by atoms with Crippen LogP contribution in [0, 0.1) is 5.82 Å². The maximum Gasteiger partial charge on any atom is 0.307 e. The van der Waals surface area contributed by atoms with Crippen LogP contribution in [0.1, 0.15) is 12.0 Å². The Kier molecular flexibility index (Phi) is 6.02. The number of methoxy groups -OCH3 is 1. The molecule has 19 heavy (non-hydrogen) atoms. The molecule has 0 saturated carbocycles. The van der Waals surface area contributed by atoms with E-state index in [4.69, 9.17) is 11.6 Å². The Balaban J connectivity index is 2.52. The van der Waals surface area contributed by atoms with Crippen LogP contribution in [0.3, 0.4) is 0 Å². The molecule has 102 valence electrons. The molecule has 1 N–H and O–H groups in total. The molecule has 0 heterocycles. The molecule has 0 atom stereocenters. The summed E-state index contributed by atoms with van der Waals surface area (Å²) in [6.07, 6.45) is 2.52. The average molecular weight is 286 g/mol. The SMILES string of the molecule is COC(=O)CCNC(=O)/C=C\c1c(F)cccc1Cl. The largest absolute Gasteiger partial charge is 0.469 e. The van der Waals surface area contributed by atoms with Gasteiger partial charge in [-0.05, 0) is 18.2 Å². The molecule has 1 rings (SSSR count). The molecule has 0 aliphatic carbocycles. The fraction of sp³-hybridized carbons (Fsp3) is 0.231. The second kappa shape index (κ2) is 7.53. The Hall–Kier alpha value is -1.88. The molecule has 1 aromatic rings. The third-order valence-corrected chi connectivity index (χ3v) is 2.59. The number of amides is 1. The van der Waals surface area contributed by atoms with E-state index in [0.717, 1.165) is 6.08 Å². The van der Waals surface area contributed by atoms with Crippen LogP contribution in [0.5, 0.6) is 0 Å². The molecule has 0 spiro atoms. The topological polar surface area (TPSA) is 55.4 Å². The van der Waals surface area contributed by atoms with E-state index in [2.05, 4.69) is 10.1 Å². The van der Waals surface area contributed by atoms with Gasteiger partial charge in [0.15, 0.2) is 0 Å². The summed E-state index contributed by atoms with van der Waals surface area (Å²) in [7, 11) is 1.27. The maximum atomic E-state index is 13.4. The molecule has 6 heteroatoms. The summed E-state index contributed by atoms with van der Waals surface area (Å²) in [6, 6.07) is 4.26. The molecule has 0 unspecified atom stereocenters. The normalized spacial score (nSPS) is 10.5. The third-order valence-electron chi connectivity index (χ3n) is 2.26. The van der Waals surface area contributed by atoms with E-state index < -0.39 is 17.7 Å². The minimum Gasteiger partial charge on any atom is -0.469 e. The lowest BCUT2D eigenvalue weighted by Crippen LogP contribution is -2.24. The van der Waals surface area contributed by atoms with Crippen molar-refractivity contribution >= 4 is 29.6 Å². The fourth-order valence-electron chi connectivity index (χ4n) is 1.28.